The number of nitrogens with zero attached hydrogens (tertiary/aromatic N) is 1. The van der Waals surface area contributed by atoms with E-state index < -0.39 is 0 Å². The molecule has 1 aromatic rings. The molecule has 0 saturated heterocycles. The molecule has 1 rings (SSSR count). The van der Waals surface area contributed by atoms with Crippen LogP contribution in [0.4, 0.5) is 0 Å². The van der Waals surface area contributed by atoms with Crippen molar-refractivity contribution >= 4 is 18.2 Å². The van der Waals surface area contributed by atoms with Crippen molar-refractivity contribution in [3.05, 3.63) is 16.2 Å². The molecular weight excluding hydrogens is 188 g/mol. The summed E-state index contributed by atoms with van der Waals surface area (Å²) in [6, 6.07) is 0. The van der Waals surface area contributed by atoms with Crippen LogP contribution in [-0.2, 0) is 18.2 Å². The van der Waals surface area contributed by atoms with Gasteiger partial charge in [0.25, 0.3) is 0 Å². The average molecular weight is 200 g/mol. The third-order valence-electron chi connectivity index (χ3n) is 1.95. The van der Waals surface area contributed by atoms with Crippen LogP contribution in [0.5, 0.6) is 0 Å². The van der Waals surface area contributed by atoms with E-state index in [1.165, 1.54) is 7.11 Å². The fraction of sp³-hybridized carbons (Fsp3) is 0.500. The summed E-state index contributed by atoms with van der Waals surface area (Å²) < 4.78 is 6.94. The fourth-order valence-corrected chi connectivity index (χ4v) is 1.45. The van der Waals surface area contributed by atoms with Gasteiger partial charge in [-0.1, -0.05) is 6.92 Å². The number of carbonyl (C=O) groups is 1. The second kappa shape index (κ2) is 3.74. The number of aromatic nitrogens is 2. The Labute approximate surface area is 81.5 Å². The number of hydrogen-bond donors (Lipinski definition) is 1. The molecule has 1 aromatic heterocycles. The first-order valence-corrected chi connectivity index (χ1v) is 4.38. The van der Waals surface area contributed by atoms with E-state index in [0.29, 0.717) is 10.5 Å². The molecule has 0 aromatic carbocycles. The first kappa shape index (κ1) is 9.98. The van der Waals surface area contributed by atoms with Crippen molar-refractivity contribution in [1.29, 1.82) is 0 Å². The van der Waals surface area contributed by atoms with Crippen molar-refractivity contribution in [2.24, 2.45) is 7.05 Å². The number of aromatic amines is 1. The van der Waals surface area contributed by atoms with Gasteiger partial charge in [-0.15, -0.1) is 0 Å². The van der Waals surface area contributed by atoms with Gasteiger partial charge in [0.05, 0.1) is 12.8 Å². The summed E-state index contributed by atoms with van der Waals surface area (Å²) in [4.78, 5) is 14.1. The Kier molecular flexibility index (Phi) is 2.87. The van der Waals surface area contributed by atoms with Crippen molar-refractivity contribution in [2.75, 3.05) is 7.11 Å². The van der Waals surface area contributed by atoms with E-state index in [-0.39, 0.29) is 5.97 Å². The van der Waals surface area contributed by atoms with Crippen LogP contribution >= 0.6 is 12.2 Å². The van der Waals surface area contributed by atoms with E-state index in [2.05, 4.69) is 9.72 Å². The molecule has 0 radical (unpaired) electrons. The van der Waals surface area contributed by atoms with Crippen LogP contribution in [0.3, 0.4) is 0 Å². The first-order chi connectivity index (χ1) is 6.11. The van der Waals surface area contributed by atoms with Gasteiger partial charge in [0.15, 0.2) is 4.77 Å². The Hall–Kier alpha value is -1.10. The van der Waals surface area contributed by atoms with Crippen molar-refractivity contribution in [3.8, 4) is 0 Å². The number of nitrogens with one attached hydrogen (secondary N) is 1. The fourth-order valence-electron chi connectivity index (χ4n) is 1.24. The number of ether oxygens (including phenoxy) is 1. The summed E-state index contributed by atoms with van der Waals surface area (Å²) in [5.74, 6) is -0.372. The number of imidazole rings is 1. The molecule has 4 nitrogen and oxygen atoms in total. The van der Waals surface area contributed by atoms with Crippen molar-refractivity contribution in [2.45, 2.75) is 13.3 Å². The summed E-state index contributed by atoms with van der Waals surface area (Å²) in [6.45, 7) is 1.96. The highest BCUT2D eigenvalue weighted by atomic mass is 32.1. The van der Waals surface area contributed by atoms with Crippen LogP contribution < -0.4 is 0 Å². The highest BCUT2D eigenvalue weighted by Gasteiger charge is 2.15. The summed E-state index contributed by atoms with van der Waals surface area (Å²) >= 11 is 4.99. The van der Waals surface area contributed by atoms with Gasteiger partial charge < -0.3 is 14.3 Å². The van der Waals surface area contributed by atoms with Crippen LogP contribution in [0.15, 0.2) is 0 Å². The molecule has 0 bridgehead atoms. The molecule has 0 aliphatic rings. The van der Waals surface area contributed by atoms with Gasteiger partial charge in [-0.25, -0.2) is 4.79 Å². The standard InChI is InChI=1S/C8H12N2O2S/c1-4-5-6(7(11)12-3)9-8(13)10(5)2/h4H2,1-3H3,(H,9,13). The maximum absolute atomic E-state index is 11.2. The van der Waals surface area contributed by atoms with Gasteiger partial charge in [-0.05, 0) is 18.6 Å². The first-order valence-electron chi connectivity index (χ1n) is 3.98. The maximum Gasteiger partial charge on any atom is 0.356 e. The van der Waals surface area contributed by atoms with E-state index in [4.69, 9.17) is 12.2 Å². The highest BCUT2D eigenvalue weighted by molar-refractivity contribution is 7.71. The minimum atomic E-state index is -0.372. The smallest absolute Gasteiger partial charge is 0.356 e. The van der Waals surface area contributed by atoms with Gasteiger partial charge in [0, 0.05) is 7.05 Å². The lowest BCUT2D eigenvalue weighted by Gasteiger charge is -2.00. The van der Waals surface area contributed by atoms with E-state index in [1.54, 1.807) is 4.57 Å². The molecule has 0 atom stereocenters. The van der Waals surface area contributed by atoms with Crippen molar-refractivity contribution in [3.63, 3.8) is 0 Å². The predicted molar refractivity (Wildman–Crippen MR) is 51.3 cm³/mol. The molecule has 1 N–H and O–H groups in total. The number of methoxy groups -OCH3 is 1. The molecule has 72 valence electrons. The zero-order valence-corrected chi connectivity index (χ0v) is 8.70. The lowest BCUT2D eigenvalue weighted by Crippen LogP contribution is -2.06. The second-order valence-corrected chi connectivity index (χ2v) is 3.04. The van der Waals surface area contributed by atoms with Crippen LogP contribution in [-0.4, -0.2) is 22.6 Å². The summed E-state index contributed by atoms with van der Waals surface area (Å²) in [5, 5.41) is 0. The van der Waals surface area contributed by atoms with Crippen molar-refractivity contribution < 1.29 is 9.53 Å². The zero-order chi connectivity index (χ0) is 10.0. The zero-order valence-electron chi connectivity index (χ0n) is 7.88. The number of H-pyrrole nitrogens is 1. The van der Waals surface area contributed by atoms with Gasteiger partial charge in [-0.2, -0.15) is 0 Å². The normalized spacial score (nSPS) is 10.1. The van der Waals surface area contributed by atoms with Gasteiger partial charge in [0.2, 0.25) is 0 Å². The molecule has 0 unspecified atom stereocenters. The Balaban J connectivity index is 3.29. The van der Waals surface area contributed by atoms with Crippen LogP contribution in [0.1, 0.15) is 23.1 Å². The molecular formula is C8H12N2O2S. The molecule has 0 saturated carbocycles. The summed E-state index contributed by atoms with van der Waals surface area (Å²) in [6.07, 6.45) is 0.744. The third kappa shape index (κ3) is 1.65. The Morgan fingerprint density at radius 1 is 1.69 bits per heavy atom. The SMILES string of the molecule is CCc1c(C(=O)OC)[nH]c(=S)n1C. The molecule has 13 heavy (non-hydrogen) atoms. The van der Waals surface area contributed by atoms with E-state index in [1.807, 2.05) is 14.0 Å². The average Bonchev–Trinajstić information content (AvgIpc) is 2.42. The minimum Gasteiger partial charge on any atom is -0.464 e. The van der Waals surface area contributed by atoms with E-state index in [0.717, 1.165) is 12.1 Å². The maximum atomic E-state index is 11.2. The monoisotopic (exact) mass is 200 g/mol. The quantitative estimate of drug-likeness (QED) is 0.580. The van der Waals surface area contributed by atoms with Crippen molar-refractivity contribution in [1.82, 2.24) is 9.55 Å². The van der Waals surface area contributed by atoms with E-state index in [9.17, 15) is 4.79 Å². The van der Waals surface area contributed by atoms with Crippen LogP contribution in [0.25, 0.3) is 0 Å². The van der Waals surface area contributed by atoms with E-state index >= 15 is 0 Å². The third-order valence-corrected chi connectivity index (χ3v) is 2.33. The lowest BCUT2D eigenvalue weighted by atomic mass is 10.2. The molecule has 0 fully saturated rings. The molecule has 0 aliphatic heterocycles. The largest absolute Gasteiger partial charge is 0.464 e. The molecule has 0 aliphatic carbocycles. The van der Waals surface area contributed by atoms with Gasteiger partial charge >= 0.3 is 5.97 Å². The number of rotatable bonds is 2. The topological polar surface area (TPSA) is 47.0 Å². The Morgan fingerprint density at radius 3 is 2.77 bits per heavy atom. The number of esters is 1. The van der Waals surface area contributed by atoms with Gasteiger partial charge in [-0.3, -0.25) is 0 Å². The number of hydrogen-bond acceptors (Lipinski definition) is 3. The molecule has 5 heteroatoms. The second-order valence-electron chi connectivity index (χ2n) is 2.66. The highest BCUT2D eigenvalue weighted by Crippen LogP contribution is 2.09. The molecule has 1 heterocycles. The minimum absolute atomic E-state index is 0.372. The summed E-state index contributed by atoms with van der Waals surface area (Å²) in [5.41, 5.74) is 1.33. The molecule has 0 amide bonds. The van der Waals surface area contributed by atoms with Gasteiger partial charge in [0.1, 0.15) is 5.69 Å². The lowest BCUT2D eigenvalue weighted by molar-refractivity contribution is 0.0593. The summed E-state index contributed by atoms with van der Waals surface area (Å²) in [7, 11) is 3.18. The van der Waals surface area contributed by atoms with Crippen LogP contribution in [0.2, 0.25) is 0 Å². The molecule has 0 spiro atoms. The predicted octanol–water partition coefficient (Wildman–Crippen LogP) is 1.43. The van der Waals surface area contributed by atoms with Crippen LogP contribution in [0, 0.1) is 4.77 Å². The Bertz CT molecular complexity index is 378. The number of carbonyl (C=O) groups excluding carboxylic acids is 1. The Morgan fingerprint density at radius 2 is 2.31 bits per heavy atom.